The second-order valence-corrected chi connectivity index (χ2v) is 0.750. The van der Waals surface area contributed by atoms with Gasteiger partial charge in [-0.1, -0.05) is 0 Å². The predicted octanol–water partition coefficient (Wildman–Crippen LogP) is -7.72. The molecular weight excluding hydrogens is 410 g/mol. The van der Waals surface area contributed by atoms with Crippen LogP contribution in [-0.4, -0.2) is 56.2 Å². The molecule has 76 valence electrons. The van der Waals surface area contributed by atoms with Crippen LogP contribution in [0.3, 0.4) is 0 Å². The number of carboxylic acid groups (broad SMARTS) is 6. The molecule has 0 heterocycles. The van der Waals surface area contributed by atoms with Gasteiger partial charge in [0, 0.05) is 0 Å². The zero-order chi connectivity index (χ0) is 10.7. The topological polar surface area (TPSA) is 190 Å². The van der Waals surface area contributed by atoms with Gasteiger partial charge in [-0.15, -0.1) is 0 Å². The zero-order valence-electron chi connectivity index (χ0n) is 6.23. The molecule has 0 aromatic carbocycles. The first-order chi connectivity index (χ1) is 5.20. The predicted molar refractivity (Wildman–Crippen MR) is 21.9 cm³/mol. The van der Waals surface area contributed by atoms with Gasteiger partial charge in [-0.25, -0.2) is 0 Å². The Bertz CT molecular complexity index is 118. The molecule has 11 heteroatoms. The maximum Gasteiger partial charge on any atom is 4.00 e. The molecule has 0 unspecified atom stereocenters. The normalized spacial score (nSPS) is 5.14. The maximum absolute atomic E-state index is 8.33. The zero-order valence-corrected chi connectivity index (χ0v) is 11.0. The van der Waals surface area contributed by atoms with Crippen molar-refractivity contribution in [3.05, 3.63) is 0 Å². The molecule has 14 heavy (non-hydrogen) atoms. The third kappa shape index (κ3) is 15500. The summed E-state index contributed by atoms with van der Waals surface area (Å²) in [5.74, 6) is 0. The van der Waals surface area contributed by atoms with Gasteiger partial charge in [-0.3, -0.25) is 0 Å². The van der Waals surface area contributed by atoms with E-state index in [1.54, 1.807) is 0 Å². The molecule has 0 amide bonds. The second kappa shape index (κ2) is 23.0. The van der Waals surface area contributed by atoms with Crippen molar-refractivity contribution >= 4 is 56.2 Å². The van der Waals surface area contributed by atoms with Gasteiger partial charge >= 0.3 is 57.5 Å². The molecule has 0 saturated carbocycles. The third-order valence-electron chi connectivity index (χ3n) is 0. The molecule has 0 aromatic heterocycles. The van der Waals surface area contributed by atoms with E-state index in [0.29, 0.717) is 0 Å². The molecule has 9 nitrogen and oxygen atoms in total. The first-order valence-electron chi connectivity index (χ1n) is 1.84. The quantitative estimate of drug-likeness (QED) is 0.349. The van der Waals surface area contributed by atoms with Gasteiger partial charge < -0.3 is 45.0 Å². The van der Waals surface area contributed by atoms with Crippen LogP contribution in [-0.2, 0) is 19.8 Å². The summed E-state index contributed by atoms with van der Waals surface area (Å²) in [5, 5.41) is 50.0. The Balaban J connectivity index is -0.0000000270. The van der Waals surface area contributed by atoms with Crippen molar-refractivity contribution in [3.8, 4) is 0 Å². The maximum atomic E-state index is 8.33. The fourth-order valence-electron chi connectivity index (χ4n) is 0. The first kappa shape index (κ1) is 29.2. The summed E-state index contributed by atoms with van der Waals surface area (Å²) in [6.07, 6.45) is -7.00. The molecule has 0 aliphatic rings. The van der Waals surface area contributed by atoms with Gasteiger partial charge in [0.2, 0.25) is 0 Å². The molecule has 0 atom stereocenters. The van der Waals surface area contributed by atoms with Crippen LogP contribution in [0.5, 0.6) is 0 Å². The van der Waals surface area contributed by atoms with Gasteiger partial charge in [0.05, 0.1) is 0 Å². The van der Waals surface area contributed by atoms with Crippen molar-refractivity contribution in [1.82, 2.24) is 0 Å². The SMILES string of the molecule is O=C([O-])[O-].O=C([O-])[O-].O=C([O-])[O-].[Ca+2].[Os+4]. The van der Waals surface area contributed by atoms with Crippen molar-refractivity contribution < 1.29 is 64.8 Å². The molecular formula is C3CaO9Os. The number of hydrogen-bond donors (Lipinski definition) is 0. The molecule has 0 aliphatic carbocycles. The molecule has 0 saturated heterocycles. The number of carbonyl (C=O) groups excluding carboxylic acids is 3. The van der Waals surface area contributed by atoms with Crippen LogP contribution in [0.4, 0.5) is 14.4 Å². The van der Waals surface area contributed by atoms with E-state index in [1.165, 1.54) is 0 Å². The molecule has 0 aromatic rings. The van der Waals surface area contributed by atoms with Crippen molar-refractivity contribution in [2.45, 2.75) is 0 Å². The van der Waals surface area contributed by atoms with Crippen molar-refractivity contribution in [3.63, 3.8) is 0 Å². The molecule has 0 radical (unpaired) electrons. The Morgan fingerprint density at radius 2 is 0.571 bits per heavy atom. The third-order valence-corrected chi connectivity index (χ3v) is 0. The van der Waals surface area contributed by atoms with Crippen LogP contribution in [0.25, 0.3) is 0 Å². The van der Waals surface area contributed by atoms with Crippen molar-refractivity contribution in [2.24, 2.45) is 0 Å². The summed E-state index contributed by atoms with van der Waals surface area (Å²) in [4.78, 5) is 25.0. The smallest absolute Gasteiger partial charge is 0.652 e. The molecule has 0 fully saturated rings. The van der Waals surface area contributed by atoms with E-state index < -0.39 is 18.5 Å². The van der Waals surface area contributed by atoms with E-state index in [-0.39, 0.29) is 57.5 Å². The molecule has 0 rings (SSSR count). The number of rotatable bonds is 0. The Labute approximate surface area is 120 Å². The molecule has 0 spiro atoms. The summed E-state index contributed by atoms with van der Waals surface area (Å²) in [6.45, 7) is 0. The summed E-state index contributed by atoms with van der Waals surface area (Å²) in [5.41, 5.74) is 0. The Morgan fingerprint density at radius 3 is 0.571 bits per heavy atom. The van der Waals surface area contributed by atoms with E-state index in [9.17, 15) is 0 Å². The Kier molecular flexibility index (Phi) is 47.9. The van der Waals surface area contributed by atoms with E-state index in [0.717, 1.165) is 0 Å². The van der Waals surface area contributed by atoms with Gasteiger partial charge in [-0.05, 0) is 18.5 Å². The van der Waals surface area contributed by atoms with E-state index in [2.05, 4.69) is 0 Å². The molecule has 0 bridgehead atoms. The molecule has 0 aliphatic heterocycles. The first-order valence-corrected chi connectivity index (χ1v) is 1.84. The fourth-order valence-corrected chi connectivity index (χ4v) is 0. The van der Waals surface area contributed by atoms with Crippen LogP contribution in [0.1, 0.15) is 0 Å². The minimum Gasteiger partial charge on any atom is -0.652 e. The van der Waals surface area contributed by atoms with Gasteiger partial charge in [0.25, 0.3) is 0 Å². The second-order valence-electron chi connectivity index (χ2n) is 0.750. The number of hydrogen-bond acceptors (Lipinski definition) is 9. The van der Waals surface area contributed by atoms with Gasteiger partial charge in [0.1, 0.15) is 0 Å². The van der Waals surface area contributed by atoms with Crippen molar-refractivity contribution in [1.29, 1.82) is 0 Å². The van der Waals surface area contributed by atoms with E-state index in [4.69, 9.17) is 45.0 Å². The standard InChI is InChI=1S/3CH2O3.Ca.Os/c3*2-1(3)4;;/h3*(H2,2,3,4);;/q;;;+2;+4/p-6. The van der Waals surface area contributed by atoms with Crippen molar-refractivity contribution in [2.75, 3.05) is 0 Å². The van der Waals surface area contributed by atoms with E-state index >= 15 is 0 Å². The number of carbonyl (C=O) groups is 3. The van der Waals surface area contributed by atoms with Crippen LogP contribution in [0, 0.1) is 0 Å². The summed E-state index contributed by atoms with van der Waals surface area (Å²) in [6, 6.07) is 0. The van der Waals surface area contributed by atoms with Crippen LogP contribution < -0.4 is 30.6 Å². The van der Waals surface area contributed by atoms with E-state index in [1.807, 2.05) is 0 Å². The average Bonchev–Trinajstić information content (AvgIpc) is 1.54. The summed E-state index contributed by atoms with van der Waals surface area (Å²) >= 11 is 0. The van der Waals surface area contributed by atoms with Gasteiger partial charge in [-0.2, -0.15) is 0 Å². The summed E-state index contributed by atoms with van der Waals surface area (Å²) < 4.78 is 0. The minimum atomic E-state index is -2.33. The fraction of sp³-hybridized carbons (Fsp3) is 0. The minimum absolute atomic E-state index is 0. The van der Waals surface area contributed by atoms with Crippen LogP contribution in [0.2, 0.25) is 0 Å². The monoisotopic (exact) mass is 412 g/mol. The van der Waals surface area contributed by atoms with Crippen LogP contribution in [0.15, 0.2) is 0 Å². The van der Waals surface area contributed by atoms with Crippen LogP contribution >= 0.6 is 0 Å². The largest absolute Gasteiger partial charge is 4.00 e. The Hall–Kier alpha value is -0.294. The summed E-state index contributed by atoms with van der Waals surface area (Å²) in [7, 11) is 0. The average molecular weight is 410 g/mol. The Morgan fingerprint density at radius 1 is 0.571 bits per heavy atom. The van der Waals surface area contributed by atoms with Gasteiger partial charge in [0.15, 0.2) is 0 Å². The molecule has 0 N–H and O–H groups in total.